The van der Waals surface area contributed by atoms with Gasteiger partial charge in [0.2, 0.25) is 0 Å². The summed E-state index contributed by atoms with van der Waals surface area (Å²) in [4.78, 5) is 4.70. The number of rotatable bonds is 2. The SMILES string of the molecule is NNc1cc(C2CC2)nc2c(Br)cccc12. The van der Waals surface area contributed by atoms with Crippen molar-refractivity contribution in [3.05, 3.63) is 34.4 Å². The van der Waals surface area contributed by atoms with E-state index in [0.29, 0.717) is 5.92 Å². The lowest BCUT2D eigenvalue weighted by Crippen LogP contribution is -2.08. The zero-order chi connectivity index (χ0) is 11.1. The number of pyridine rings is 1. The largest absolute Gasteiger partial charge is 0.323 e. The van der Waals surface area contributed by atoms with Crippen LogP contribution < -0.4 is 11.3 Å². The molecule has 0 unspecified atom stereocenters. The number of hydrogen-bond donors (Lipinski definition) is 2. The van der Waals surface area contributed by atoms with E-state index in [9.17, 15) is 0 Å². The molecule has 3 N–H and O–H groups in total. The summed E-state index contributed by atoms with van der Waals surface area (Å²) in [7, 11) is 0. The van der Waals surface area contributed by atoms with E-state index in [1.54, 1.807) is 0 Å². The summed E-state index contributed by atoms with van der Waals surface area (Å²) in [5, 5.41) is 1.06. The van der Waals surface area contributed by atoms with Gasteiger partial charge in [-0.25, -0.2) is 0 Å². The van der Waals surface area contributed by atoms with Crippen LogP contribution in [0.2, 0.25) is 0 Å². The first-order valence-corrected chi connectivity index (χ1v) is 6.14. The minimum atomic E-state index is 0.628. The third-order valence-corrected chi connectivity index (χ3v) is 3.60. The normalized spacial score (nSPS) is 15.4. The van der Waals surface area contributed by atoms with Crippen LogP contribution in [0.4, 0.5) is 5.69 Å². The molecule has 1 aliphatic carbocycles. The van der Waals surface area contributed by atoms with E-state index in [2.05, 4.69) is 27.4 Å². The average Bonchev–Trinajstić information content (AvgIpc) is 3.12. The van der Waals surface area contributed by atoms with Crippen molar-refractivity contribution in [1.29, 1.82) is 0 Å². The molecule has 0 saturated heterocycles. The Kier molecular flexibility index (Phi) is 2.33. The lowest BCUT2D eigenvalue weighted by Gasteiger charge is -2.09. The van der Waals surface area contributed by atoms with Gasteiger partial charge in [0.25, 0.3) is 0 Å². The van der Waals surface area contributed by atoms with Crippen molar-refractivity contribution in [2.75, 3.05) is 5.43 Å². The molecule has 0 atom stereocenters. The maximum absolute atomic E-state index is 5.56. The van der Waals surface area contributed by atoms with Crippen molar-refractivity contribution < 1.29 is 0 Å². The number of aromatic nitrogens is 1. The molecule has 1 aliphatic rings. The molecular weight excluding hydrogens is 266 g/mol. The molecule has 1 saturated carbocycles. The number of anilines is 1. The van der Waals surface area contributed by atoms with Gasteiger partial charge in [0.15, 0.2) is 0 Å². The highest BCUT2D eigenvalue weighted by Crippen LogP contribution is 2.41. The fraction of sp³-hybridized carbons (Fsp3) is 0.250. The summed E-state index contributed by atoms with van der Waals surface area (Å²) in [5.41, 5.74) is 5.84. The standard InChI is InChI=1S/C12H12BrN3/c13-9-3-1-2-8-11(16-14)6-10(7-4-5-7)15-12(8)9/h1-3,6-7H,4-5,14H2,(H,15,16). The number of nitrogens with one attached hydrogen (secondary N) is 1. The van der Waals surface area contributed by atoms with Gasteiger partial charge >= 0.3 is 0 Å². The summed E-state index contributed by atoms with van der Waals surface area (Å²) >= 11 is 3.53. The Balaban J connectivity index is 2.30. The third-order valence-electron chi connectivity index (χ3n) is 2.96. The number of nitrogens with zero attached hydrogens (tertiary/aromatic N) is 1. The predicted octanol–water partition coefficient (Wildman–Crippen LogP) is 3.16. The number of benzene rings is 1. The maximum Gasteiger partial charge on any atom is 0.0868 e. The second-order valence-electron chi connectivity index (χ2n) is 4.15. The highest BCUT2D eigenvalue weighted by molar-refractivity contribution is 9.10. The van der Waals surface area contributed by atoms with Gasteiger partial charge in [-0.2, -0.15) is 0 Å². The molecule has 82 valence electrons. The van der Waals surface area contributed by atoms with Crippen LogP contribution in [0.15, 0.2) is 28.7 Å². The molecule has 3 rings (SSSR count). The third kappa shape index (κ3) is 1.58. The van der Waals surface area contributed by atoms with Gasteiger partial charge in [-0.15, -0.1) is 0 Å². The molecule has 1 fully saturated rings. The Morgan fingerprint density at radius 3 is 2.88 bits per heavy atom. The molecule has 2 aromatic rings. The first kappa shape index (κ1) is 10.1. The Bertz CT molecular complexity index is 549. The van der Waals surface area contributed by atoms with Crippen molar-refractivity contribution in [3.63, 3.8) is 0 Å². The zero-order valence-corrected chi connectivity index (χ0v) is 10.3. The topological polar surface area (TPSA) is 50.9 Å². The summed E-state index contributed by atoms with van der Waals surface area (Å²) in [6.45, 7) is 0. The van der Waals surface area contributed by atoms with E-state index in [1.807, 2.05) is 18.2 Å². The first-order valence-electron chi connectivity index (χ1n) is 5.35. The average molecular weight is 278 g/mol. The molecule has 0 bridgehead atoms. The van der Waals surface area contributed by atoms with Crippen LogP contribution >= 0.6 is 15.9 Å². The van der Waals surface area contributed by atoms with Crippen LogP contribution in [0.25, 0.3) is 10.9 Å². The lowest BCUT2D eigenvalue weighted by molar-refractivity contribution is 1.04. The quantitative estimate of drug-likeness (QED) is 0.655. The number of hydrazine groups is 1. The molecule has 0 amide bonds. The van der Waals surface area contributed by atoms with Crippen LogP contribution in [-0.4, -0.2) is 4.98 Å². The highest BCUT2D eigenvalue weighted by Gasteiger charge is 2.26. The number of nitrogen functional groups attached to an aromatic ring is 1. The molecule has 1 heterocycles. The second kappa shape index (κ2) is 3.71. The van der Waals surface area contributed by atoms with E-state index >= 15 is 0 Å². The van der Waals surface area contributed by atoms with Crippen molar-refractivity contribution in [3.8, 4) is 0 Å². The molecule has 1 aromatic heterocycles. The van der Waals surface area contributed by atoms with Gasteiger partial charge in [-0.05, 0) is 40.9 Å². The summed E-state index contributed by atoms with van der Waals surface area (Å²) in [6, 6.07) is 8.09. The van der Waals surface area contributed by atoms with Crippen molar-refractivity contribution in [2.24, 2.45) is 5.84 Å². The number of para-hydroxylation sites is 1. The van der Waals surface area contributed by atoms with Crippen molar-refractivity contribution >= 4 is 32.5 Å². The van der Waals surface area contributed by atoms with E-state index in [1.165, 1.54) is 12.8 Å². The first-order chi connectivity index (χ1) is 7.79. The number of nitrogens with two attached hydrogens (primary N) is 1. The fourth-order valence-corrected chi connectivity index (χ4v) is 2.40. The number of fused-ring (bicyclic) bond motifs is 1. The summed E-state index contributed by atoms with van der Waals surface area (Å²) in [6.07, 6.45) is 2.49. The summed E-state index contributed by atoms with van der Waals surface area (Å²) in [5.74, 6) is 6.19. The van der Waals surface area contributed by atoms with Gasteiger partial charge < -0.3 is 5.43 Å². The maximum atomic E-state index is 5.56. The Morgan fingerprint density at radius 2 is 2.19 bits per heavy atom. The molecular formula is C12H12BrN3. The van der Waals surface area contributed by atoms with Crippen LogP contribution in [-0.2, 0) is 0 Å². The van der Waals surface area contributed by atoms with Gasteiger partial charge in [-0.1, -0.05) is 12.1 Å². The zero-order valence-electron chi connectivity index (χ0n) is 8.70. The fourth-order valence-electron chi connectivity index (χ4n) is 1.94. The van der Waals surface area contributed by atoms with Crippen LogP contribution in [0, 0.1) is 0 Å². The van der Waals surface area contributed by atoms with E-state index in [4.69, 9.17) is 10.8 Å². The van der Waals surface area contributed by atoms with E-state index in [0.717, 1.165) is 26.8 Å². The Hall–Kier alpha value is -1.13. The predicted molar refractivity (Wildman–Crippen MR) is 69.2 cm³/mol. The highest BCUT2D eigenvalue weighted by atomic mass is 79.9. The van der Waals surface area contributed by atoms with Crippen LogP contribution in [0.3, 0.4) is 0 Å². The van der Waals surface area contributed by atoms with Gasteiger partial charge in [-0.3, -0.25) is 10.8 Å². The van der Waals surface area contributed by atoms with Crippen molar-refractivity contribution in [2.45, 2.75) is 18.8 Å². The molecule has 0 radical (unpaired) electrons. The number of halogens is 1. The Labute approximate surface area is 102 Å². The molecule has 0 spiro atoms. The van der Waals surface area contributed by atoms with Crippen LogP contribution in [0.5, 0.6) is 0 Å². The second-order valence-corrected chi connectivity index (χ2v) is 5.00. The molecule has 1 aromatic carbocycles. The smallest absolute Gasteiger partial charge is 0.0868 e. The monoisotopic (exact) mass is 277 g/mol. The Morgan fingerprint density at radius 1 is 1.38 bits per heavy atom. The minimum Gasteiger partial charge on any atom is -0.323 e. The lowest BCUT2D eigenvalue weighted by atomic mass is 10.1. The molecule has 0 aliphatic heterocycles. The molecule has 4 heteroatoms. The minimum absolute atomic E-state index is 0.628. The van der Waals surface area contributed by atoms with Gasteiger partial charge in [0, 0.05) is 21.5 Å². The number of hydrogen-bond acceptors (Lipinski definition) is 3. The summed E-state index contributed by atoms with van der Waals surface area (Å²) < 4.78 is 1.02. The van der Waals surface area contributed by atoms with Crippen LogP contribution in [0.1, 0.15) is 24.5 Å². The van der Waals surface area contributed by atoms with Crippen molar-refractivity contribution in [1.82, 2.24) is 4.98 Å². The van der Waals surface area contributed by atoms with E-state index < -0.39 is 0 Å². The molecule has 3 nitrogen and oxygen atoms in total. The van der Waals surface area contributed by atoms with Gasteiger partial charge in [0.1, 0.15) is 0 Å². The van der Waals surface area contributed by atoms with Gasteiger partial charge in [0.05, 0.1) is 11.2 Å². The molecule has 16 heavy (non-hydrogen) atoms. The van der Waals surface area contributed by atoms with E-state index in [-0.39, 0.29) is 0 Å².